The summed E-state index contributed by atoms with van der Waals surface area (Å²) in [5.41, 5.74) is 8.11. The highest BCUT2D eigenvalue weighted by Gasteiger charge is 2.33. The summed E-state index contributed by atoms with van der Waals surface area (Å²) in [5.74, 6) is -0.561. The predicted molar refractivity (Wildman–Crippen MR) is 98.8 cm³/mol. The van der Waals surface area contributed by atoms with Crippen molar-refractivity contribution in [1.29, 1.82) is 0 Å². The molecule has 0 spiro atoms. The van der Waals surface area contributed by atoms with Gasteiger partial charge in [-0.2, -0.15) is 0 Å². The topological polar surface area (TPSA) is 66.6 Å². The molecule has 0 radical (unpaired) electrons. The fourth-order valence-electron chi connectivity index (χ4n) is 3.29. The van der Waals surface area contributed by atoms with Crippen LogP contribution in [-0.4, -0.2) is 29.8 Å². The van der Waals surface area contributed by atoms with Gasteiger partial charge in [-0.1, -0.05) is 30.3 Å². The van der Waals surface area contributed by atoms with Crippen LogP contribution in [0.4, 0.5) is 11.4 Å². The normalized spacial score (nSPS) is 17.4. The minimum absolute atomic E-state index is 0.132. The van der Waals surface area contributed by atoms with Crippen molar-refractivity contribution in [3.8, 4) is 0 Å². The number of anilines is 2. The van der Waals surface area contributed by atoms with Gasteiger partial charge in [-0.3, -0.25) is 19.4 Å². The van der Waals surface area contributed by atoms with Crippen molar-refractivity contribution in [1.82, 2.24) is 4.90 Å². The van der Waals surface area contributed by atoms with Crippen molar-refractivity contribution in [2.75, 3.05) is 23.7 Å². The Balaban J connectivity index is 1.69. The number of nitrogens with zero attached hydrogens (tertiary/aromatic N) is 2. The maximum absolute atomic E-state index is 12.9. The molecule has 5 nitrogen and oxygen atoms in total. The molecule has 25 heavy (non-hydrogen) atoms. The highest BCUT2D eigenvalue weighted by Crippen LogP contribution is 2.25. The number of amides is 2. The summed E-state index contributed by atoms with van der Waals surface area (Å²) in [6.07, 6.45) is 0.768. The number of carbonyl (C=O) groups excluding carboxylic acids is 2. The van der Waals surface area contributed by atoms with Crippen LogP contribution >= 0.6 is 0 Å². The summed E-state index contributed by atoms with van der Waals surface area (Å²) in [5, 5.41) is 0. The van der Waals surface area contributed by atoms with E-state index < -0.39 is 0 Å². The molecule has 2 amide bonds. The molecule has 2 N–H and O–H groups in total. The molecule has 0 bridgehead atoms. The minimum Gasteiger partial charge on any atom is -0.399 e. The van der Waals surface area contributed by atoms with Gasteiger partial charge in [0.2, 0.25) is 11.8 Å². The zero-order valence-electron chi connectivity index (χ0n) is 14.4. The van der Waals surface area contributed by atoms with Crippen molar-refractivity contribution >= 4 is 23.2 Å². The van der Waals surface area contributed by atoms with Gasteiger partial charge in [-0.25, -0.2) is 0 Å². The van der Waals surface area contributed by atoms with Gasteiger partial charge in [0.15, 0.2) is 0 Å². The van der Waals surface area contributed by atoms with Gasteiger partial charge in [0, 0.05) is 25.7 Å². The second kappa shape index (κ2) is 7.49. The minimum atomic E-state index is -0.267. The highest BCUT2D eigenvalue weighted by atomic mass is 16.2. The maximum Gasteiger partial charge on any atom is 0.238 e. The SMILES string of the molecule is CC(=O)N(C(=O)C1CCN(Cc2ccccc2)C1)c1ccc(N)cc1. The van der Waals surface area contributed by atoms with Crippen molar-refractivity contribution < 1.29 is 9.59 Å². The largest absolute Gasteiger partial charge is 0.399 e. The van der Waals surface area contributed by atoms with Crippen LogP contribution in [0.1, 0.15) is 18.9 Å². The molecule has 0 aliphatic carbocycles. The third-order valence-electron chi connectivity index (χ3n) is 4.56. The lowest BCUT2D eigenvalue weighted by atomic mass is 10.1. The number of imide groups is 1. The average Bonchev–Trinajstić information content (AvgIpc) is 3.06. The molecule has 1 saturated heterocycles. The summed E-state index contributed by atoms with van der Waals surface area (Å²) in [6, 6.07) is 17.0. The van der Waals surface area contributed by atoms with Gasteiger partial charge in [0.25, 0.3) is 0 Å². The van der Waals surface area contributed by atoms with Crippen LogP contribution < -0.4 is 10.6 Å². The number of hydrogen-bond acceptors (Lipinski definition) is 4. The predicted octanol–water partition coefficient (Wildman–Crippen LogP) is 2.67. The van der Waals surface area contributed by atoms with Crippen LogP contribution in [0.5, 0.6) is 0 Å². The van der Waals surface area contributed by atoms with Gasteiger partial charge >= 0.3 is 0 Å². The Morgan fingerprint density at radius 3 is 2.44 bits per heavy atom. The molecule has 1 fully saturated rings. The Kier molecular flexibility index (Phi) is 5.14. The first-order valence-corrected chi connectivity index (χ1v) is 8.51. The number of carbonyl (C=O) groups is 2. The van der Waals surface area contributed by atoms with Crippen LogP contribution in [0.3, 0.4) is 0 Å². The molecule has 0 aromatic heterocycles. The molecule has 130 valence electrons. The molecule has 1 heterocycles. The highest BCUT2D eigenvalue weighted by molar-refractivity contribution is 6.14. The van der Waals surface area contributed by atoms with Crippen LogP contribution in [0, 0.1) is 5.92 Å². The van der Waals surface area contributed by atoms with Crippen LogP contribution in [0.15, 0.2) is 54.6 Å². The number of hydrogen-bond donors (Lipinski definition) is 1. The fraction of sp³-hybridized carbons (Fsp3) is 0.300. The zero-order chi connectivity index (χ0) is 17.8. The smallest absolute Gasteiger partial charge is 0.238 e. The fourth-order valence-corrected chi connectivity index (χ4v) is 3.29. The molecule has 2 aromatic rings. The Bertz CT molecular complexity index is 743. The van der Waals surface area contributed by atoms with E-state index in [-0.39, 0.29) is 17.7 Å². The quantitative estimate of drug-likeness (QED) is 0.871. The summed E-state index contributed by atoms with van der Waals surface area (Å²) < 4.78 is 0. The van der Waals surface area contributed by atoms with Crippen molar-refractivity contribution in [2.45, 2.75) is 19.9 Å². The standard InChI is InChI=1S/C20H23N3O2/c1-15(24)23(19-9-7-18(21)8-10-19)20(25)17-11-12-22(14-17)13-16-5-3-2-4-6-16/h2-10,17H,11-14,21H2,1H3. The summed E-state index contributed by atoms with van der Waals surface area (Å²) >= 11 is 0. The number of rotatable bonds is 4. The molecule has 0 saturated carbocycles. The van der Waals surface area contributed by atoms with E-state index in [0.29, 0.717) is 17.9 Å². The Morgan fingerprint density at radius 1 is 1.12 bits per heavy atom. The summed E-state index contributed by atoms with van der Waals surface area (Å²) in [7, 11) is 0. The maximum atomic E-state index is 12.9. The summed E-state index contributed by atoms with van der Waals surface area (Å²) in [4.78, 5) is 28.5. The van der Waals surface area contributed by atoms with E-state index in [9.17, 15) is 9.59 Å². The van der Waals surface area contributed by atoms with Crippen molar-refractivity contribution in [2.24, 2.45) is 5.92 Å². The third-order valence-corrected chi connectivity index (χ3v) is 4.56. The van der Waals surface area contributed by atoms with Crippen LogP contribution in [0.25, 0.3) is 0 Å². The molecule has 1 atom stereocenters. The van der Waals surface area contributed by atoms with E-state index in [4.69, 9.17) is 5.73 Å². The molecule has 2 aromatic carbocycles. The number of likely N-dealkylation sites (tertiary alicyclic amines) is 1. The van der Waals surface area contributed by atoms with Gasteiger partial charge < -0.3 is 5.73 Å². The third kappa shape index (κ3) is 4.06. The first-order chi connectivity index (χ1) is 12.0. The molecule has 3 rings (SSSR count). The van der Waals surface area contributed by atoms with E-state index >= 15 is 0 Å². The van der Waals surface area contributed by atoms with E-state index in [1.54, 1.807) is 24.3 Å². The van der Waals surface area contributed by atoms with E-state index in [0.717, 1.165) is 19.5 Å². The molecule has 1 aliphatic heterocycles. The lowest BCUT2D eigenvalue weighted by molar-refractivity contribution is -0.127. The lowest BCUT2D eigenvalue weighted by Gasteiger charge is -2.23. The Morgan fingerprint density at radius 2 is 1.80 bits per heavy atom. The number of nitrogens with two attached hydrogens (primary N) is 1. The number of benzene rings is 2. The van der Waals surface area contributed by atoms with Gasteiger partial charge in [-0.15, -0.1) is 0 Å². The monoisotopic (exact) mass is 337 g/mol. The zero-order valence-corrected chi connectivity index (χ0v) is 14.4. The average molecular weight is 337 g/mol. The van der Waals surface area contributed by atoms with Crippen LogP contribution in [0.2, 0.25) is 0 Å². The van der Waals surface area contributed by atoms with Crippen LogP contribution in [-0.2, 0) is 16.1 Å². The van der Waals surface area contributed by atoms with Gasteiger partial charge in [-0.05, 0) is 42.8 Å². The molecule has 1 unspecified atom stereocenters. The second-order valence-electron chi connectivity index (χ2n) is 6.49. The second-order valence-corrected chi connectivity index (χ2v) is 6.49. The molecule has 5 heteroatoms. The van der Waals surface area contributed by atoms with E-state index in [1.807, 2.05) is 18.2 Å². The molecular formula is C20H23N3O2. The van der Waals surface area contributed by atoms with E-state index in [2.05, 4.69) is 17.0 Å². The first kappa shape index (κ1) is 17.2. The molecule has 1 aliphatic rings. The van der Waals surface area contributed by atoms with Crippen molar-refractivity contribution in [3.05, 3.63) is 60.2 Å². The van der Waals surface area contributed by atoms with Gasteiger partial charge in [0.1, 0.15) is 0 Å². The van der Waals surface area contributed by atoms with Gasteiger partial charge in [0.05, 0.1) is 11.6 Å². The molecular weight excluding hydrogens is 314 g/mol. The van der Waals surface area contributed by atoms with Crippen molar-refractivity contribution in [3.63, 3.8) is 0 Å². The summed E-state index contributed by atoms with van der Waals surface area (Å²) in [6.45, 7) is 3.78. The first-order valence-electron chi connectivity index (χ1n) is 8.51. The number of nitrogen functional groups attached to an aromatic ring is 1. The Hall–Kier alpha value is -2.66. The van der Waals surface area contributed by atoms with E-state index in [1.165, 1.54) is 17.4 Å². The lowest BCUT2D eigenvalue weighted by Crippen LogP contribution is -2.40. The Labute approximate surface area is 148 Å².